The minimum Gasteiger partial charge on any atom is -0.465 e. The molecule has 4 nitrogen and oxygen atoms in total. The summed E-state index contributed by atoms with van der Waals surface area (Å²) >= 11 is 0. The zero-order chi connectivity index (χ0) is 8.97. The van der Waals surface area contributed by atoms with E-state index >= 15 is 0 Å². The van der Waals surface area contributed by atoms with E-state index < -0.39 is 12.0 Å². The van der Waals surface area contributed by atoms with Crippen molar-refractivity contribution in [2.75, 3.05) is 6.61 Å². The highest BCUT2D eigenvalue weighted by Gasteiger charge is 2.16. The van der Waals surface area contributed by atoms with Crippen LogP contribution in [-0.4, -0.2) is 17.6 Å². The number of nitrogens with two attached hydrogens (primary N) is 1. The Morgan fingerprint density at radius 1 is 1.83 bits per heavy atom. The van der Waals surface area contributed by atoms with E-state index in [4.69, 9.17) is 10.5 Å². The Balaban J connectivity index is 2.59. The van der Waals surface area contributed by atoms with E-state index in [0.717, 1.165) is 5.56 Å². The summed E-state index contributed by atoms with van der Waals surface area (Å²) in [4.78, 5) is 13.9. The van der Waals surface area contributed by atoms with Gasteiger partial charge < -0.3 is 15.5 Å². The molecule has 0 amide bonds. The predicted octanol–water partition coefficient (Wildman–Crippen LogP) is 0.578. The van der Waals surface area contributed by atoms with E-state index in [1.807, 2.05) is 0 Å². The summed E-state index contributed by atoms with van der Waals surface area (Å²) in [6, 6.07) is 1.08. The molecule has 3 N–H and O–H groups in total. The zero-order valence-corrected chi connectivity index (χ0v) is 6.91. The number of hydrogen-bond donors (Lipinski definition) is 2. The van der Waals surface area contributed by atoms with Crippen LogP contribution in [0.1, 0.15) is 18.5 Å². The van der Waals surface area contributed by atoms with Crippen molar-refractivity contribution in [2.45, 2.75) is 13.0 Å². The van der Waals surface area contributed by atoms with Gasteiger partial charge in [0.25, 0.3) is 0 Å². The molecule has 1 rings (SSSR count). The van der Waals surface area contributed by atoms with Crippen molar-refractivity contribution >= 4 is 5.97 Å². The molecule has 1 unspecified atom stereocenters. The molecule has 66 valence electrons. The van der Waals surface area contributed by atoms with Gasteiger partial charge in [-0.25, -0.2) is 4.79 Å². The highest BCUT2D eigenvalue weighted by molar-refractivity contribution is 5.77. The molecule has 0 aromatic carbocycles. The lowest BCUT2D eigenvalue weighted by Crippen LogP contribution is -2.23. The van der Waals surface area contributed by atoms with Crippen molar-refractivity contribution in [1.82, 2.24) is 4.98 Å². The second kappa shape index (κ2) is 3.92. The maximum absolute atomic E-state index is 11.1. The Hall–Kier alpha value is -1.29. The molecule has 12 heavy (non-hydrogen) atoms. The van der Waals surface area contributed by atoms with E-state index in [9.17, 15) is 4.79 Å². The van der Waals surface area contributed by atoms with Crippen molar-refractivity contribution in [1.29, 1.82) is 0 Å². The van der Waals surface area contributed by atoms with Gasteiger partial charge in [0.1, 0.15) is 6.04 Å². The van der Waals surface area contributed by atoms with Gasteiger partial charge in [0, 0.05) is 12.4 Å². The number of carbonyl (C=O) groups excluding carboxylic acids is 1. The highest BCUT2D eigenvalue weighted by Crippen LogP contribution is 2.09. The van der Waals surface area contributed by atoms with Crippen LogP contribution in [-0.2, 0) is 9.53 Å². The Bertz CT molecular complexity index is 244. The molecular weight excluding hydrogens is 156 g/mol. The average molecular weight is 168 g/mol. The number of aromatic amines is 1. The molecule has 0 fully saturated rings. The number of rotatable bonds is 3. The lowest BCUT2D eigenvalue weighted by molar-refractivity contribution is -0.144. The monoisotopic (exact) mass is 168 g/mol. The average Bonchev–Trinajstić information content (AvgIpc) is 2.55. The largest absolute Gasteiger partial charge is 0.465 e. The number of aromatic nitrogens is 1. The fourth-order valence-electron chi connectivity index (χ4n) is 0.898. The summed E-state index contributed by atoms with van der Waals surface area (Å²) in [6.45, 7) is 2.11. The maximum Gasteiger partial charge on any atom is 0.327 e. The first-order chi connectivity index (χ1) is 5.75. The van der Waals surface area contributed by atoms with Gasteiger partial charge in [0.2, 0.25) is 0 Å². The highest BCUT2D eigenvalue weighted by atomic mass is 16.5. The summed E-state index contributed by atoms with van der Waals surface area (Å²) in [5.74, 6) is -0.392. The normalized spacial score (nSPS) is 12.5. The molecule has 0 saturated carbocycles. The van der Waals surface area contributed by atoms with Crippen LogP contribution in [0, 0.1) is 0 Å². The van der Waals surface area contributed by atoms with Crippen molar-refractivity contribution < 1.29 is 9.53 Å². The molecule has 1 aromatic rings. The van der Waals surface area contributed by atoms with Gasteiger partial charge in [-0.3, -0.25) is 0 Å². The molecule has 0 aliphatic heterocycles. The lowest BCUT2D eigenvalue weighted by atomic mass is 10.2. The Morgan fingerprint density at radius 2 is 2.58 bits per heavy atom. The standard InChI is InChI=1S/C8H12N2O2/c1-2-12-8(11)7(9)6-3-4-10-5-6/h3-5,7,10H,2,9H2,1H3. The van der Waals surface area contributed by atoms with Crippen LogP contribution < -0.4 is 5.73 Å². The summed E-state index contributed by atoms with van der Waals surface area (Å²) < 4.78 is 4.75. The molecule has 0 aliphatic carbocycles. The first-order valence-electron chi connectivity index (χ1n) is 3.80. The van der Waals surface area contributed by atoms with Crippen LogP contribution in [0.5, 0.6) is 0 Å². The van der Waals surface area contributed by atoms with Crippen LogP contribution in [0.4, 0.5) is 0 Å². The molecule has 0 radical (unpaired) electrons. The molecular formula is C8H12N2O2. The SMILES string of the molecule is CCOC(=O)C(N)c1cc[nH]c1. The number of ether oxygens (including phenoxy) is 1. The first-order valence-corrected chi connectivity index (χ1v) is 3.80. The predicted molar refractivity (Wildman–Crippen MR) is 44.4 cm³/mol. The van der Waals surface area contributed by atoms with Crippen molar-refractivity contribution in [3.63, 3.8) is 0 Å². The van der Waals surface area contributed by atoms with E-state index in [1.165, 1.54) is 0 Å². The Labute approximate surface area is 70.7 Å². The van der Waals surface area contributed by atoms with E-state index in [0.29, 0.717) is 6.61 Å². The molecule has 0 saturated heterocycles. The van der Waals surface area contributed by atoms with Crippen LogP contribution >= 0.6 is 0 Å². The van der Waals surface area contributed by atoms with Gasteiger partial charge in [-0.2, -0.15) is 0 Å². The van der Waals surface area contributed by atoms with Gasteiger partial charge >= 0.3 is 5.97 Å². The third kappa shape index (κ3) is 1.85. The minimum atomic E-state index is -0.670. The molecule has 1 aromatic heterocycles. The summed E-state index contributed by atoms with van der Waals surface area (Å²) in [5, 5.41) is 0. The summed E-state index contributed by atoms with van der Waals surface area (Å²) in [6.07, 6.45) is 3.40. The zero-order valence-electron chi connectivity index (χ0n) is 6.91. The van der Waals surface area contributed by atoms with Gasteiger partial charge in [0.05, 0.1) is 6.61 Å². The van der Waals surface area contributed by atoms with Gasteiger partial charge in [-0.05, 0) is 18.6 Å². The Morgan fingerprint density at radius 3 is 3.08 bits per heavy atom. The molecule has 4 heteroatoms. The number of carbonyl (C=O) groups is 1. The number of hydrogen-bond acceptors (Lipinski definition) is 3. The second-order valence-corrected chi connectivity index (χ2v) is 2.37. The van der Waals surface area contributed by atoms with Gasteiger partial charge in [-0.15, -0.1) is 0 Å². The third-order valence-electron chi connectivity index (χ3n) is 1.52. The van der Waals surface area contributed by atoms with Gasteiger partial charge in [0.15, 0.2) is 0 Å². The maximum atomic E-state index is 11.1. The third-order valence-corrected chi connectivity index (χ3v) is 1.52. The van der Waals surface area contributed by atoms with Crippen LogP contribution in [0.15, 0.2) is 18.5 Å². The molecule has 1 heterocycles. The Kier molecular flexibility index (Phi) is 2.88. The van der Waals surface area contributed by atoms with Gasteiger partial charge in [-0.1, -0.05) is 0 Å². The van der Waals surface area contributed by atoms with Crippen molar-refractivity contribution in [3.05, 3.63) is 24.0 Å². The van der Waals surface area contributed by atoms with Crippen LogP contribution in [0.25, 0.3) is 0 Å². The smallest absolute Gasteiger partial charge is 0.327 e. The van der Waals surface area contributed by atoms with Crippen molar-refractivity contribution in [2.24, 2.45) is 5.73 Å². The second-order valence-electron chi connectivity index (χ2n) is 2.37. The fourth-order valence-corrected chi connectivity index (χ4v) is 0.898. The molecule has 0 spiro atoms. The van der Waals surface area contributed by atoms with Crippen LogP contribution in [0.2, 0.25) is 0 Å². The molecule has 0 bridgehead atoms. The van der Waals surface area contributed by atoms with E-state index in [1.54, 1.807) is 25.4 Å². The number of nitrogens with one attached hydrogen (secondary N) is 1. The first kappa shape index (κ1) is 8.80. The number of H-pyrrole nitrogens is 1. The molecule has 0 aliphatic rings. The summed E-state index contributed by atoms with van der Waals surface area (Å²) in [5.41, 5.74) is 6.32. The number of esters is 1. The van der Waals surface area contributed by atoms with Crippen LogP contribution in [0.3, 0.4) is 0 Å². The topological polar surface area (TPSA) is 68.1 Å². The summed E-state index contributed by atoms with van der Waals surface area (Å²) in [7, 11) is 0. The molecule has 1 atom stereocenters. The van der Waals surface area contributed by atoms with E-state index in [-0.39, 0.29) is 0 Å². The quantitative estimate of drug-likeness (QED) is 0.648. The minimum absolute atomic E-state index is 0.358. The van der Waals surface area contributed by atoms with Crippen molar-refractivity contribution in [3.8, 4) is 0 Å². The van der Waals surface area contributed by atoms with E-state index in [2.05, 4.69) is 4.98 Å². The lowest BCUT2D eigenvalue weighted by Gasteiger charge is -2.07. The fraction of sp³-hybridized carbons (Fsp3) is 0.375.